The molecule has 0 spiro atoms. The van der Waals surface area contributed by atoms with Crippen LogP contribution in [-0.2, 0) is 21.2 Å². The Bertz CT molecular complexity index is 1150. The second kappa shape index (κ2) is 10.3. The van der Waals surface area contributed by atoms with Crippen molar-refractivity contribution in [3.63, 3.8) is 0 Å². The number of carbonyl (C=O) groups is 1. The summed E-state index contributed by atoms with van der Waals surface area (Å²) in [5.74, 6) is -0.195. The lowest BCUT2D eigenvalue weighted by Crippen LogP contribution is -2.26. The van der Waals surface area contributed by atoms with E-state index in [4.69, 9.17) is 23.2 Å². The molecule has 0 aliphatic heterocycles. The van der Waals surface area contributed by atoms with Crippen molar-refractivity contribution in [2.45, 2.75) is 30.7 Å². The third-order valence-electron chi connectivity index (χ3n) is 4.71. The molecule has 5 nitrogen and oxygen atoms in total. The lowest BCUT2D eigenvalue weighted by atomic mass is 10.1. The van der Waals surface area contributed by atoms with Crippen LogP contribution in [0.15, 0.2) is 77.7 Å². The first-order valence-corrected chi connectivity index (χ1v) is 11.9. The van der Waals surface area contributed by atoms with Crippen LogP contribution in [0.4, 0.5) is 5.69 Å². The van der Waals surface area contributed by atoms with Crippen molar-refractivity contribution in [2.24, 2.45) is 0 Å². The highest BCUT2D eigenvalue weighted by atomic mass is 35.5. The van der Waals surface area contributed by atoms with E-state index in [0.29, 0.717) is 22.2 Å². The van der Waals surface area contributed by atoms with Gasteiger partial charge in [-0.3, -0.25) is 4.79 Å². The molecule has 0 heterocycles. The summed E-state index contributed by atoms with van der Waals surface area (Å²) in [4.78, 5) is 12.4. The van der Waals surface area contributed by atoms with Gasteiger partial charge in [-0.05, 0) is 54.8 Å². The number of anilines is 1. The van der Waals surface area contributed by atoms with Gasteiger partial charge in [-0.15, -0.1) is 0 Å². The summed E-state index contributed by atoms with van der Waals surface area (Å²) >= 11 is 11.9. The van der Waals surface area contributed by atoms with Crippen molar-refractivity contribution in [1.29, 1.82) is 0 Å². The lowest BCUT2D eigenvalue weighted by Gasteiger charge is -2.15. The van der Waals surface area contributed by atoms with Gasteiger partial charge in [0.2, 0.25) is 15.9 Å². The Balaban J connectivity index is 1.57. The van der Waals surface area contributed by atoms with Gasteiger partial charge in [0.1, 0.15) is 0 Å². The molecule has 0 saturated carbocycles. The molecule has 0 radical (unpaired) electrons. The molecule has 1 amide bonds. The van der Waals surface area contributed by atoms with Crippen LogP contribution in [0, 0.1) is 0 Å². The fourth-order valence-electron chi connectivity index (χ4n) is 3.01. The molecule has 2 N–H and O–H groups in total. The molecule has 0 aliphatic carbocycles. The molecule has 0 aromatic heterocycles. The molecule has 3 aromatic rings. The quantitative estimate of drug-likeness (QED) is 0.443. The van der Waals surface area contributed by atoms with Crippen LogP contribution in [0.1, 0.15) is 30.5 Å². The normalized spacial score (nSPS) is 12.4. The average molecular weight is 477 g/mol. The Labute approximate surface area is 192 Å². The molecular formula is C23H22Cl2N2O3S. The molecule has 1 atom stereocenters. The van der Waals surface area contributed by atoms with Crippen LogP contribution in [0.5, 0.6) is 0 Å². The Kier molecular flexibility index (Phi) is 7.73. The van der Waals surface area contributed by atoms with Crippen molar-refractivity contribution in [2.75, 3.05) is 5.32 Å². The average Bonchev–Trinajstić information content (AvgIpc) is 2.75. The van der Waals surface area contributed by atoms with Crippen LogP contribution in [-0.4, -0.2) is 14.3 Å². The molecule has 0 fully saturated rings. The fourth-order valence-corrected chi connectivity index (χ4v) is 4.69. The summed E-state index contributed by atoms with van der Waals surface area (Å²) in [7, 11) is -3.66. The fraction of sp³-hybridized carbons (Fsp3) is 0.174. The van der Waals surface area contributed by atoms with Gasteiger partial charge in [-0.25, -0.2) is 13.1 Å². The minimum Gasteiger partial charge on any atom is -0.325 e. The van der Waals surface area contributed by atoms with Crippen molar-refractivity contribution in [3.05, 3.63) is 94.0 Å². The number of carbonyl (C=O) groups excluding carboxylic acids is 1. The van der Waals surface area contributed by atoms with Gasteiger partial charge in [0, 0.05) is 17.5 Å². The molecule has 31 heavy (non-hydrogen) atoms. The number of benzene rings is 3. The van der Waals surface area contributed by atoms with Crippen molar-refractivity contribution >= 4 is 44.8 Å². The zero-order chi connectivity index (χ0) is 22.4. The second-order valence-corrected chi connectivity index (χ2v) is 9.63. The van der Waals surface area contributed by atoms with Crippen molar-refractivity contribution in [1.82, 2.24) is 4.72 Å². The minimum atomic E-state index is -3.66. The summed E-state index contributed by atoms with van der Waals surface area (Å²) < 4.78 is 28.0. The van der Waals surface area contributed by atoms with E-state index in [9.17, 15) is 13.2 Å². The van der Waals surface area contributed by atoms with E-state index in [1.165, 1.54) is 0 Å². The largest absolute Gasteiger partial charge is 0.325 e. The van der Waals surface area contributed by atoms with Gasteiger partial charge in [-0.1, -0.05) is 65.7 Å². The van der Waals surface area contributed by atoms with Gasteiger partial charge in [0.25, 0.3) is 0 Å². The van der Waals surface area contributed by atoms with E-state index >= 15 is 0 Å². The first-order valence-electron chi connectivity index (χ1n) is 9.66. The molecule has 0 bridgehead atoms. The van der Waals surface area contributed by atoms with Crippen molar-refractivity contribution in [3.8, 4) is 0 Å². The van der Waals surface area contributed by atoms with Gasteiger partial charge in [0.15, 0.2) is 0 Å². The number of nitrogens with one attached hydrogen (secondary N) is 2. The second-order valence-electron chi connectivity index (χ2n) is 7.07. The Hall–Kier alpha value is -2.38. The van der Waals surface area contributed by atoms with E-state index in [0.717, 1.165) is 11.1 Å². The summed E-state index contributed by atoms with van der Waals surface area (Å²) in [6, 6.07) is 20.4. The lowest BCUT2D eigenvalue weighted by molar-refractivity contribution is -0.116. The monoisotopic (exact) mass is 476 g/mol. The first-order chi connectivity index (χ1) is 14.7. The SMILES string of the molecule is C[C@@H](NS(=O)(=O)c1ccc(CCC(=O)Nc2ccc(Cl)cc2Cl)cc1)c1ccccc1. The third-order valence-corrected chi connectivity index (χ3v) is 6.82. The predicted molar refractivity (Wildman–Crippen MR) is 125 cm³/mol. The van der Waals surface area contributed by atoms with Gasteiger partial charge >= 0.3 is 0 Å². The Morgan fingerprint density at radius 2 is 1.65 bits per heavy atom. The molecule has 8 heteroatoms. The highest BCUT2D eigenvalue weighted by molar-refractivity contribution is 7.89. The molecule has 0 unspecified atom stereocenters. The van der Waals surface area contributed by atoms with Crippen LogP contribution in [0.2, 0.25) is 10.0 Å². The maximum atomic E-state index is 12.7. The van der Waals surface area contributed by atoms with E-state index in [1.807, 2.05) is 30.3 Å². The smallest absolute Gasteiger partial charge is 0.241 e. The Morgan fingerprint density at radius 3 is 2.29 bits per heavy atom. The molecule has 0 saturated heterocycles. The van der Waals surface area contributed by atoms with Crippen molar-refractivity contribution < 1.29 is 13.2 Å². The molecule has 3 rings (SSSR count). The topological polar surface area (TPSA) is 75.3 Å². The number of hydrogen-bond acceptors (Lipinski definition) is 3. The zero-order valence-electron chi connectivity index (χ0n) is 16.8. The van der Waals surface area contributed by atoms with E-state index in [1.54, 1.807) is 49.4 Å². The maximum absolute atomic E-state index is 12.7. The standard InChI is InChI=1S/C23H22Cl2N2O3S/c1-16(18-5-3-2-4-6-18)27-31(29,30)20-11-7-17(8-12-20)9-14-23(28)26-22-13-10-19(24)15-21(22)25/h2-8,10-13,15-16,27H,9,14H2,1H3,(H,26,28)/t16-/m1/s1. The first kappa shape index (κ1) is 23.3. The summed E-state index contributed by atoms with van der Waals surface area (Å²) in [6.45, 7) is 1.80. The highest BCUT2D eigenvalue weighted by Crippen LogP contribution is 2.25. The van der Waals surface area contributed by atoms with Crippen LogP contribution >= 0.6 is 23.2 Å². The van der Waals surface area contributed by atoms with Gasteiger partial charge in [-0.2, -0.15) is 0 Å². The minimum absolute atomic E-state index is 0.177. The van der Waals surface area contributed by atoms with Crippen LogP contribution < -0.4 is 10.0 Å². The number of amides is 1. The van der Waals surface area contributed by atoms with Gasteiger partial charge in [0.05, 0.1) is 15.6 Å². The summed E-state index contributed by atoms with van der Waals surface area (Å²) in [6.07, 6.45) is 0.694. The van der Waals surface area contributed by atoms with E-state index < -0.39 is 10.0 Å². The number of aryl methyl sites for hydroxylation is 1. The summed E-state index contributed by atoms with van der Waals surface area (Å²) in [5, 5.41) is 3.60. The molecule has 3 aromatic carbocycles. The van der Waals surface area contributed by atoms with Crippen LogP contribution in [0.3, 0.4) is 0 Å². The highest BCUT2D eigenvalue weighted by Gasteiger charge is 2.18. The zero-order valence-corrected chi connectivity index (χ0v) is 19.1. The van der Waals surface area contributed by atoms with Crippen LogP contribution in [0.25, 0.3) is 0 Å². The third kappa shape index (κ3) is 6.55. The predicted octanol–water partition coefficient (Wildman–Crippen LogP) is 5.60. The van der Waals surface area contributed by atoms with E-state index in [2.05, 4.69) is 10.0 Å². The molecular weight excluding hydrogens is 455 g/mol. The number of hydrogen-bond donors (Lipinski definition) is 2. The number of halogens is 2. The number of rotatable bonds is 8. The molecule has 162 valence electrons. The van der Waals surface area contributed by atoms with Gasteiger partial charge < -0.3 is 5.32 Å². The molecule has 0 aliphatic rings. The maximum Gasteiger partial charge on any atom is 0.241 e. The van der Waals surface area contributed by atoms with E-state index in [-0.39, 0.29) is 23.3 Å². The Morgan fingerprint density at radius 1 is 0.968 bits per heavy atom. The summed E-state index contributed by atoms with van der Waals surface area (Å²) in [5.41, 5.74) is 2.23. The number of sulfonamides is 1.